The molecule has 0 aliphatic carbocycles. The summed E-state index contributed by atoms with van der Waals surface area (Å²) in [7, 11) is 3.21. The number of amides is 1. The summed E-state index contributed by atoms with van der Waals surface area (Å²) in [5.41, 5.74) is 1.71. The lowest BCUT2D eigenvalue weighted by Gasteiger charge is -2.19. The number of carbonyl (C=O) groups excluding carboxylic acids is 1. The molecule has 0 N–H and O–H groups in total. The van der Waals surface area contributed by atoms with Crippen molar-refractivity contribution >= 4 is 18.3 Å². The quantitative estimate of drug-likeness (QED) is 0.531. The van der Waals surface area contributed by atoms with Gasteiger partial charge in [-0.15, -0.1) is 0 Å². The van der Waals surface area contributed by atoms with E-state index in [1.54, 1.807) is 20.2 Å². The molecule has 0 fully saturated rings. The molecule has 0 radical (unpaired) electrons. The Morgan fingerprint density at radius 3 is 2.67 bits per heavy atom. The monoisotopic (exact) mass is 389 g/mol. The van der Waals surface area contributed by atoms with Crippen molar-refractivity contribution in [1.82, 2.24) is 4.31 Å². The Kier molecular flexibility index (Phi) is 5.82. The maximum absolute atomic E-state index is 12.3. The molecule has 1 aliphatic rings. The highest BCUT2D eigenvalue weighted by atomic mass is 32.2. The van der Waals surface area contributed by atoms with Crippen LogP contribution in [-0.4, -0.2) is 30.2 Å². The van der Waals surface area contributed by atoms with Crippen LogP contribution in [0.15, 0.2) is 42.5 Å². The Balaban J connectivity index is 1.52. The van der Waals surface area contributed by atoms with Gasteiger partial charge in [-0.3, -0.25) is 4.18 Å². The van der Waals surface area contributed by atoms with E-state index < -0.39 is 6.09 Å². The smallest absolute Gasteiger partial charge is 0.426 e. The van der Waals surface area contributed by atoms with E-state index in [0.717, 1.165) is 35.5 Å². The second kappa shape index (κ2) is 8.10. The number of methoxy groups -OCH3 is 1. The second-order valence-corrected chi connectivity index (χ2v) is 7.77. The third-order valence-corrected chi connectivity index (χ3v) is 4.65. The van der Waals surface area contributed by atoms with Gasteiger partial charge < -0.3 is 14.2 Å². The normalized spacial score (nSPS) is 14.2. The third-order valence-electron chi connectivity index (χ3n) is 4.06. The molecule has 27 heavy (non-hydrogen) atoms. The molecule has 0 saturated heterocycles. The highest BCUT2D eigenvalue weighted by Crippen LogP contribution is 2.42. The first kappa shape index (κ1) is 19.4. The van der Waals surface area contributed by atoms with Crippen molar-refractivity contribution in [2.45, 2.75) is 32.5 Å². The molecule has 7 heteroatoms. The molecule has 1 aliphatic heterocycles. The van der Waals surface area contributed by atoms with Crippen molar-refractivity contribution in [1.29, 1.82) is 0 Å². The first-order valence-electron chi connectivity index (χ1n) is 8.57. The highest BCUT2D eigenvalue weighted by Gasteiger charge is 2.33. The van der Waals surface area contributed by atoms with Gasteiger partial charge in [-0.1, -0.05) is 24.3 Å². The summed E-state index contributed by atoms with van der Waals surface area (Å²) in [5, 5.41) is 0. The fourth-order valence-corrected chi connectivity index (χ4v) is 3.20. The number of ether oxygens (including phenoxy) is 3. The molecule has 2 aromatic carbocycles. The lowest BCUT2D eigenvalue weighted by molar-refractivity contribution is 0.131. The van der Waals surface area contributed by atoms with Crippen LogP contribution in [0.4, 0.5) is 4.79 Å². The predicted octanol–water partition coefficient (Wildman–Crippen LogP) is 4.62. The summed E-state index contributed by atoms with van der Waals surface area (Å²) in [4.78, 5) is 12.3. The Morgan fingerprint density at radius 2 is 1.96 bits per heavy atom. The Morgan fingerprint density at radius 1 is 1.22 bits per heavy atom. The van der Waals surface area contributed by atoms with Crippen LogP contribution in [0.2, 0.25) is 0 Å². The SMILES string of the molecule is COc1ccc(COSN(C)C(=O)Oc2cccc3c2OC(C)(C)C3)cc1. The van der Waals surface area contributed by atoms with Crippen LogP contribution >= 0.6 is 12.2 Å². The van der Waals surface area contributed by atoms with Crippen LogP contribution in [0.1, 0.15) is 25.0 Å². The average molecular weight is 389 g/mol. The van der Waals surface area contributed by atoms with E-state index in [0.29, 0.717) is 18.1 Å². The Labute approximate surface area is 163 Å². The average Bonchev–Trinajstić information content (AvgIpc) is 2.97. The van der Waals surface area contributed by atoms with Gasteiger partial charge in [0.05, 0.1) is 13.7 Å². The fourth-order valence-electron chi connectivity index (χ4n) is 2.75. The van der Waals surface area contributed by atoms with Gasteiger partial charge in [0.25, 0.3) is 0 Å². The van der Waals surface area contributed by atoms with E-state index in [-0.39, 0.29) is 5.60 Å². The van der Waals surface area contributed by atoms with Gasteiger partial charge in [-0.25, -0.2) is 9.10 Å². The van der Waals surface area contributed by atoms with Gasteiger partial charge >= 0.3 is 6.09 Å². The van der Waals surface area contributed by atoms with Crippen LogP contribution in [0.25, 0.3) is 0 Å². The summed E-state index contributed by atoms with van der Waals surface area (Å²) in [6, 6.07) is 13.1. The van der Waals surface area contributed by atoms with Crippen LogP contribution < -0.4 is 14.2 Å². The van der Waals surface area contributed by atoms with E-state index in [2.05, 4.69) is 0 Å². The summed E-state index contributed by atoms with van der Waals surface area (Å²) < 4.78 is 23.3. The van der Waals surface area contributed by atoms with Crippen molar-refractivity contribution in [3.8, 4) is 17.2 Å². The Hall–Kier alpha value is -2.38. The van der Waals surface area contributed by atoms with Crippen molar-refractivity contribution < 1.29 is 23.2 Å². The number of fused-ring (bicyclic) bond motifs is 1. The zero-order valence-corrected chi connectivity index (χ0v) is 16.7. The van der Waals surface area contributed by atoms with E-state index >= 15 is 0 Å². The Bertz CT molecular complexity index is 807. The van der Waals surface area contributed by atoms with Gasteiger partial charge in [0.2, 0.25) is 0 Å². The lowest BCUT2D eigenvalue weighted by Crippen LogP contribution is -2.26. The van der Waals surface area contributed by atoms with Crippen molar-refractivity contribution in [3.05, 3.63) is 53.6 Å². The highest BCUT2D eigenvalue weighted by molar-refractivity contribution is 7.92. The molecule has 144 valence electrons. The molecule has 3 rings (SSSR count). The minimum Gasteiger partial charge on any atom is -0.497 e. The van der Waals surface area contributed by atoms with E-state index in [1.165, 1.54) is 4.31 Å². The summed E-state index contributed by atoms with van der Waals surface area (Å²) in [6.07, 6.45) is 0.250. The molecule has 0 aromatic heterocycles. The number of nitrogens with zero attached hydrogens (tertiary/aromatic N) is 1. The maximum atomic E-state index is 12.3. The summed E-state index contributed by atoms with van der Waals surface area (Å²) in [6.45, 7) is 4.37. The van der Waals surface area contributed by atoms with Gasteiger partial charge in [0, 0.05) is 19.0 Å². The van der Waals surface area contributed by atoms with Crippen LogP contribution in [-0.2, 0) is 17.2 Å². The van der Waals surface area contributed by atoms with Crippen molar-refractivity contribution in [2.24, 2.45) is 0 Å². The number of hydrogen-bond acceptors (Lipinski definition) is 6. The number of carbonyl (C=O) groups is 1. The van der Waals surface area contributed by atoms with Gasteiger partial charge in [0.15, 0.2) is 11.5 Å². The van der Waals surface area contributed by atoms with Gasteiger partial charge in [-0.2, -0.15) is 0 Å². The zero-order valence-electron chi connectivity index (χ0n) is 15.9. The first-order valence-corrected chi connectivity index (χ1v) is 9.27. The van der Waals surface area contributed by atoms with Crippen molar-refractivity contribution in [2.75, 3.05) is 14.2 Å². The minimum absolute atomic E-state index is 0.299. The number of benzene rings is 2. The summed E-state index contributed by atoms with van der Waals surface area (Å²) >= 11 is 0.928. The van der Waals surface area contributed by atoms with E-state index in [4.69, 9.17) is 18.4 Å². The molecule has 0 atom stereocenters. The fraction of sp³-hybridized carbons (Fsp3) is 0.350. The maximum Gasteiger partial charge on any atom is 0.426 e. The molecule has 2 aromatic rings. The zero-order chi connectivity index (χ0) is 19.4. The van der Waals surface area contributed by atoms with Gasteiger partial charge in [0.1, 0.15) is 23.6 Å². The molecular formula is C20H23NO5S. The molecule has 1 heterocycles. The van der Waals surface area contributed by atoms with Crippen LogP contribution in [0.5, 0.6) is 17.2 Å². The molecule has 1 amide bonds. The molecule has 6 nitrogen and oxygen atoms in total. The molecule has 0 bridgehead atoms. The van der Waals surface area contributed by atoms with E-state index in [9.17, 15) is 4.79 Å². The van der Waals surface area contributed by atoms with E-state index in [1.807, 2.05) is 50.2 Å². The van der Waals surface area contributed by atoms with Crippen molar-refractivity contribution in [3.63, 3.8) is 0 Å². The third kappa shape index (κ3) is 4.87. The summed E-state index contributed by atoms with van der Waals surface area (Å²) in [5.74, 6) is 1.84. The first-order chi connectivity index (χ1) is 12.9. The largest absolute Gasteiger partial charge is 0.497 e. The predicted molar refractivity (Wildman–Crippen MR) is 104 cm³/mol. The van der Waals surface area contributed by atoms with Crippen LogP contribution in [0.3, 0.4) is 0 Å². The standard InChI is InChI=1S/C20H23NO5S/c1-20(2)12-15-6-5-7-17(18(15)26-20)25-19(22)21(3)27-24-13-14-8-10-16(23-4)11-9-14/h5-11H,12-13H2,1-4H3. The van der Waals surface area contributed by atoms with Gasteiger partial charge in [-0.05, 0) is 37.6 Å². The molecule has 0 saturated carbocycles. The molecule has 0 unspecified atom stereocenters. The topological polar surface area (TPSA) is 57.2 Å². The second-order valence-electron chi connectivity index (χ2n) is 6.83. The van der Waals surface area contributed by atoms with Crippen LogP contribution in [0, 0.1) is 0 Å². The number of rotatable bonds is 6. The number of para-hydroxylation sites is 1. The minimum atomic E-state index is -0.531. The molecule has 0 spiro atoms. The molecular weight excluding hydrogens is 366 g/mol. The lowest BCUT2D eigenvalue weighted by atomic mass is 10.0. The number of hydrogen-bond donors (Lipinski definition) is 0.